The van der Waals surface area contributed by atoms with Crippen LogP contribution >= 0.6 is 0 Å². The number of nitrogens with one attached hydrogen (secondary N) is 9. The van der Waals surface area contributed by atoms with Crippen molar-refractivity contribution in [1.29, 1.82) is 0 Å². The van der Waals surface area contributed by atoms with Gasteiger partial charge in [0.2, 0.25) is 41.7 Å². The third kappa shape index (κ3) is 18.6. The largest absolute Gasteiger partial charge is 0.462 e. The van der Waals surface area contributed by atoms with Crippen molar-refractivity contribution in [2.24, 2.45) is 11.5 Å². The molecule has 580 valence electrons. The minimum atomic E-state index is -2.32. The molecule has 10 rings (SSSR count). The van der Waals surface area contributed by atoms with Gasteiger partial charge in [-0.1, -0.05) is 110 Å². The fourth-order valence-corrected chi connectivity index (χ4v) is 13.5. The van der Waals surface area contributed by atoms with E-state index in [1.54, 1.807) is 97.9 Å². The summed E-state index contributed by atoms with van der Waals surface area (Å²) in [5.41, 5.74) is 14.3. The Balaban J connectivity index is 0.959. The van der Waals surface area contributed by atoms with Gasteiger partial charge in [-0.25, -0.2) is 4.90 Å². The molecule has 6 amide bonds. The van der Waals surface area contributed by atoms with Crippen molar-refractivity contribution in [3.05, 3.63) is 138 Å². The summed E-state index contributed by atoms with van der Waals surface area (Å²) in [7, 11) is 0. The van der Waals surface area contributed by atoms with Gasteiger partial charge in [0.05, 0.1) is 44.6 Å². The zero-order valence-electron chi connectivity index (χ0n) is 57.0. The van der Waals surface area contributed by atoms with Crippen LogP contribution in [-0.4, -0.2) is 318 Å². The van der Waals surface area contributed by atoms with Crippen molar-refractivity contribution in [3.63, 3.8) is 0 Å². The summed E-state index contributed by atoms with van der Waals surface area (Å²) in [6.07, 6.45) is -34.7. The quantitative estimate of drug-likeness (QED) is 0.0345. The van der Waals surface area contributed by atoms with Gasteiger partial charge in [-0.05, 0) is 34.4 Å². The van der Waals surface area contributed by atoms with E-state index in [4.69, 9.17) is 39.9 Å². The molecule has 6 fully saturated rings. The number of esters is 1. The summed E-state index contributed by atoms with van der Waals surface area (Å²) in [6, 6.07) is 18.3. The number of amides is 6. The molecule has 26 N–H and O–H groups in total. The summed E-state index contributed by atoms with van der Waals surface area (Å²) in [6.45, 7) is -3.53. The molecule has 106 heavy (non-hydrogen) atoms. The van der Waals surface area contributed by atoms with E-state index in [2.05, 4.69) is 47.9 Å². The van der Waals surface area contributed by atoms with Crippen molar-refractivity contribution in [2.75, 3.05) is 46.1 Å². The molecular formula is C68H92N12O26. The molecule has 0 bridgehead atoms. The highest BCUT2D eigenvalue weighted by molar-refractivity contribution is 5.98. The van der Waals surface area contributed by atoms with Gasteiger partial charge in [0.25, 0.3) is 0 Å². The zero-order valence-corrected chi connectivity index (χ0v) is 57.0. The number of benzene rings is 4. The Morgan fingerprint density at radius 3 is 1.68 bits per heavy atom. The zero-order chi connectivity index (χ0) is 76.4. The molecule has 0 aromatic heterocycles. The number of carbonyl (C=O) groups excluding carboxylic acids is 7. The van der Waals surface area contributed by atoms with Crippen molar-refractivity contribution < 1.29 is 128 Å². The molecule has 4 aromatic rings. The molecule has 4 aromatic carbocycles. The molecule has 6 aliphatic heterocycles. The van der Waals surface area contributed by atoms with E-state index in [0.717, 1.165) is 4.90 Å². The number of hydrogen-bond donors (Lipinski definition) is 24. The fraction of sp³-hybridized carbons (Fsp3) is 0.544. The highest BCUT2D eigenvalue weighted by Gasteiger charge is 2.55. The topological polar surface area (TPSA) is 601 Å². The number of nitrogens with zero attached hydrogens (tertiary/aromatic N) is 1. The monoisotopic (exact) mass is 1490 g/mol. The van der Waals surface area contributed by atoms with Gasteiger partial charge in [0.15, 0.2) is 6.29 Å². The molecule has 0 aliphatic carbocycles. The molecule has 2 unspecified atom stereocenters. The van der Waals surface area contributed by atoms with Crippen LogP contribution in [0, 0.1) is 0 Å². The second-order valence-electron chi connectivity index (χ2n) is 26.6. The highest BCUT2D eigenvalue weighted by Crippen LogP contribution is 2.34. The molecule has 0 saturated carbocycles. The maximum Gasteiger partial charge on any atom is 0.318 e. The van der Waals surface area contributed by atoms with Crippen molar-refractivity contribution in [3.8, 4) is 5.75 Å². The summed E-state index contributed by atoms with van der Waals surface area (Å²) in [4.78, 5) is 103. The van der Waals surface area contributed by atoms with Crippen molar-refractivity contribution in [1.82, 2.24) is 52.8 Å². The molecule has 6 saturated heterocycles. The maximum absolute atomic E-state index is 15.4. The average molecular weight is 1490 g/mol. The van der Waals surface area contributed by atoms with E-state index >= 15 is 14.4 Å². The standard InChI is InChI=1S/C68H92N12O26/c1-29(31-11-5-2-6-12-31)44-60(97)74-35(21-30-17-19-34(20-18-30)102-65-56(94)53(91)57(106-66-55(93)52(90)50(88)40(27-83)104-66)41(105-65)28-101-64(100)43(32-13-7-3-8-14-32)33-15-9-4-10-16-33)59(96)78-45(47(85)36-22-72-67(69)76-36)62(99)79-46(61(98)75-37(25-81)58(95)71-24-42(84)77-44)48(86)38-23-73-68(70)80(38)63-54(92)51(89)49(87)39(26-82)103-63/h2-20,29,35-41,43-57,63,65-68,72-73,76,81-83,85-94H,21-28,69-70H2,1H3,(H,71,95)(H,74,97)(H,75,98)(H,77,84)(H,78,96)(H,79,99)/t29-,35+,36-,37-,38-,39+,40+,41+,44-,45-,46+,47-,48-,49+,50+,51-,52-,53+,54-,55-,56-,57+,63-,65-,66+,67?,68?/m0/s1. The third-order valence-corrected chi connectivity index (χ3v) is 19.6. The molecule has 27 atom stereocenters. The summed E-state index contributed by atoms with van der Waals surface area (Å²) < 4.78 is 35.5. The lowest BCUT2D eigenvalue weighted by molar-refractivity contribution is -0.352. The van der Waals surface area contributed by atoms with Gasteiger partial charge < -0.3 is 138 Å². The molecule has 6 aliphatic rings. The second-order valence-corrected chi connectivity index (χ2v) is 26.6. The Hall–Kier alpha value is -7.95. The van der Waals surface area contributed by atoms with Gasteiger partial charge in [-0.2, -0.15) is 0 Å². The fourth-order valence-electron chi connectivity index (χ4n) is 13.5. The van der Waals surface area contributed by atoms with E-state index in [1.165, 1.54) is 24.3 Å². The Kier molecular flexibility index (Phi) is 27.6. The van der Waals surface area contributed by atoms with E-state index in [-0.39, 0.29) is 17.9 Å². The highest BCUT2D eigenvalue weighted by atomic mass is 16.7. The lowest BCUT2D eigenvalue weighted by Gasteiger charge is -2.47. The van der Waals surface area contributed by atoms with Crippen LogP contribution in [-0.2, 0) is 63.7 Å². The first-order valence-electron chi connectivity index (χ1n) is 34.3. The number of hydrogen-bond acceptors (Lipinski definition) is 32. The SMILES string of the molecule is C[C@@H](c1ccccc1)[C@@H]1NC(=O)CNC(=O)[C@H](CO)NC(=O)[C@@H]([C@@H](O)[C@@H]2CNC(N)N2[C@H]2O[C@H](CO)[C@@H](O)[C@H](O)[C@@H]2O)NC(=O)[C@H]([C@@H](O)[C@@H]2CNC(N)N2)NC(=O)[C@@H](Cc2ccc(O[C@H]3O[C@H](COC(=O)C(c4ccccc4)c4ccccc4)[C@@H](O[C@H]4O[C@H](CO)[C@@H](O)[C@H](O)[C@@H]4O)[C@H](O)[C@@H]3O)cc2)NC1=O. The Labute approximate surface area is 605 Å². The third-order valence-electron chi connectivity index (χ3n) is 19.6. The average Bonchev–Trinajstić information content (AvgIpc) is 1.52. The molecule has 38 nitrogen and oxygen atoms in total. The Morgan fingerprint density at radius 2 is 1.08 bits per heavy atom. The first kappa shape index (κ1) is 80.6. The first-order chi connectivity index (χ1) is 50.7. The molecule has 38 heteroatoms. The van der Waals surface area contributed by atoms with Crippen LogP contribution in [0.15, 0.2) is 115 Å². The lowest BCUT2D eigenvalue weighted by Crippen LogP contribution is -2.70. The van der Waals surface area contributed by atoms with Crippen LogP contribution in [0.1, 0.15) is 41.0 Å². The van der Waals surface area contributed by atoms with Gasteiger partial charge in [-0.15, -0.1) is 0 Å². The lowest BCUT2D eigenvalue weighted by atomic mass is 9.91. The number of aliphatic hydroxyl groups is 13. The van der Waals surface area contributed by atoms with Crippen LogP contribution in [0.5, 0.6) is 5.75 Å². The summed E-state index contributed by atoms with van der Waals surface area (Å²) in [5.74, 6) is -10.1. The summed E-state index contributed by atoms with van der Waals surface area (Å²) >= 11 is 0. The molecule has 6 heterocycles. The number of nitrogens with two attached hydrogens (primary N) is 2. The van der Waals surface area contributed by atoms with Gasteiger partial charge in [0, 0.05) is 25.4 Å². The van der Waals surface area contributed by atoms with E-state index in [9.17, 15) is 85.6 Å². The smallest absolute Gasteiger partial charge is 0.318 e. The Bertz CT molecular complexity index is 3550. The van der Waals surface area contributed by atoms with Gasteiger partial charge in [-0.3, -0.25) is 49.5 Å². The Morgan fingerprint density at radius 1 is 0.547 bits per heavy atom. The predicted octanol–water partition coefficient (Wildman–Crippen LogP) is -11.2. The van der Waals surface area contributed by atoms with Crippen molar-refractivity contribution in [2.45, 2.75) is 184 Å². The maximum atomic E-state index is 15.4. The first-order valence-corrected chi connectivity index (χ1v) is 34.3. The van der Waals surface area contributed by atoms with E-state index in [0.29, 0.717) is 16.7 Å². The number of carbonyl (C=O) groups is 7. The molecule has 0 radical (unpaired) electrons. The molecular weight excluding hydrogens is 1400 g/mol. The van der Waals surface area contributed by atoms with Crippen LogP contribution < -0.4 is 64.1 Å². The van der Waals surface area contributed by atoms with E-state index < -0.39 is 258 Å². The normalized spacial score (nSPS) is 35.6. The van der Waals surface area contributed by atoms with Crippen LogP contribution in [0.3, 0.4) is 0 Å². The second kappa shape index (κ2) is 36.3. The summed E-state index contributed by atoms with van der Waals surface area (Å²) in [5, 5.41) is 167. The van der Waals surface area contributed by atoms with Crippen LogP contribution in [0.25, 0.3) is 0 Å². The minimum absolute atomic E-state index is 0.101. The number of ether oxygens (including phenoxy) is 6. The minimum Gasteiger partial charge on any atom is -0.462 e. The van der Waals surface area contributed by atoms with Crippen LogP contribution in [0.2, 0.25) is 0 Å². The van der Waals surface area contributed by atoms with E-state index in [1.807, 2.05) is 0 Å². The van der Waals surface area contributed by atoms with Crippen molar-refractivity contribution >= 4 is 41.4 Å². The van der Waals surface area contributed by atoms with Gasteiger partial charge in [0.1, 0.15) is 147 Å². The number of aliphatic hydroxyl groups excluding tert-OH is 13. The van der Waals surface area contributed by atoms with Gasteiger partial charge >= 0.3 is 5.97 Å². The number of rotatable bonds is 21. The predicted molar refractivity (Wildman–Crippen MR) is 361 cm³/mol. The van der Waals surface area contributed by atoms with Crippen LogP contribution in [0.4, 0.5) is 0 Å². The molecule has 0 spiro atoms.